The van der Waals surface area contributed by atoms with Crippen LogP contribution in [0.5, 0.6) is 0 Å². The first-order valence-corrected chi connectivity index (χ1v) is 8.96. The number of amides is 2. The van der Waals surface area contributed by atoms with Gasteiger partial charge in [0.2, 0.25) is 5.91 Å². The van der Waals surface area contributed by atoms with Crippen molar-refractivity contribution in [1.82, 2.24) is 4.90 Å². The monoisotopic (exact) mass is 351 g/mol. The van der Waals surface area contributed by atoms with Gasteiger partial charge in [0.05, 0.1) is 0 Å². The van der Waals surface area contributed by atoms with E-state index in [1.165, 1.54) is 5.56 Å². The third-order valence-electron chi connectivity index (χ3n) is 4.80. The molecule has 0 bridgehead atoms. The van der Waals surface area contributed by atoms with E-state index >= 15 is 0 Å². The fourth-order valence-corrected chi connectivity index (χ4v) is 3.21. The summed E-state index contributed by atoms with van der Waals surface area (Å²) in [4.78, 5) is 26.4. The van der Waals surface area contributed by atoms with E-state index in [0.717, 1.165) is 0 Å². The Morgan fingerprint density at radius 2 is 1.69 bits per heavy atom. The van der Waals surface area contributed by atoms with Crippen molar-refractivity contribution in [3.8, 4) is 0 Å². The lowest BCUT2D eigenvalue weighted by Gasteiger charge is -2.17. The Balaban J connectivity index is 1.67. The lowest BCUT2D eigenvalue weighted by atomic mass is 9.95. The zero-order chi connectivity index (χ0) is 18.7. The molecule has 3 N–H and O–H groups in total. The van der Waals surface area contributed by atoms with Crippen molar-refractivity contribution in [1.29, 1.82) is 0 Å². The molecule has 0 unspecified atom stereocenters. The summed E-state index contributed by atoms with van der Waals surface area (Å²) in [6.45, 7) is 4.85. The van der Waals surface area contributed by atoms with E-state index in [0.29, 0.717) is 24.3 Å². The fourth-order valence-electron chi connectivity index (χ4n) is 3.21. The number of benzene rings is 2. The Kier molecular flexibility index (Phi) is 5.38. The molecule has 0 radical (unpaired) electrons. The molecule has 2 aromatic carbocycles. The van der Waals surface area contributed by atoms with Gasteiger partial charge in [0.15, 0.2) is 0 Å². The Morgan fingerprint density at radius 3 is 2.31 bits per heavy atom. The zero-order valence-corrected chi connectivity index (χ0v) is 15.2. The summed E-state index contributed by atoms with van der Waals surface area (Å²) in [6, 6.07) is 17.1. The molecule has 5 nitrogen and oxygen atoms in total. The summed E-state index contributed by atoms with van der Waals surface area (Å²) in [5.41, 5.74) is 8.75. The predicted molar refractivity (Wildman–Crippen MR) is 103 cm³/mol. The van der Waals surface area contributed by atoms with Gasteiger partial charge in [-0.15, -0.1) is 0 Å². The van der Waals surface area contributed by atoms with Gasteiger partial charge in [0.25, 0.3) is 5.91 Å². The van der Waals surface area contributed by atoms with Crippen LogP contribution in [0.25, 0.3) is 0 Å². The molecule has 1 saturated heterocycles. The molecule has 0 aromatic heterocycles. The van der Waals surface area contributed by atoms with Crippen LogP contribution in [0.2, 0.25) is 0 Å². The van der Waals surface area contributed by atoms with Crippen LogP contribution in [0.15, 0.2) is 54.6 Å². The van der Waals surface area contributed by atoms with Crippen molar-refractivity contribution in [2.24, 2.45) is 11.7 Å². The fraction of sp³-hybridized carbons (Fsp3) is 0.333. The van der Waals surface area contributed by atoms with Gasteiger partial charge in [-0.25, -0.2) is 0 Å². The highest BCUT2D eigenvalue weighted by atomic mass is 16.2. The molecule has 1 fully saturated rings. The second-order valence-electron chi connectivity index (χ2n) is 7.11. The number of carbonyl (C=O) groups excluding carboxylic acids is 2. The molecule has 1 aliphatic heterocycles. The highest BCUT2D eigenvalue weighted by molar-refractivity contribution is 5.96. The molecule has 2 amide bonds. The normalized spacial score (nSPS) is 19.6. The molecule has 136 valence electrons. The van der Waals surface area contributed by atoms with Crippen molar-refractivity contribution in [3.63, 3.8) is 0 Å². The summed E-state index contributed by atoms with van der Waals surface area (Å²) >= 11 is 0. The smallest absolute Gasteiger partial charge is 0.253 e. The third-order valence-corrected chi connectivity index (χ3v) is 4.80. The number of hydrogen-bond donors (Lipinski definition) is 2. The minimum atomic E-state index is -0.0858. The maximum atomic E-state index is 12.8. The molecule has 2 atom stereocenters. The van der Waals surface area contributed by atoms with Crippen molar-refractivity contribution < 1.29 is 9.59 Å². The maximum Gasteiger partial charge on any atom is 0.253 e. The van der Waals surface area contributed by atoms with Crippen LogP contribution in [-0.2, 0) is 4.79 Å². The van der Waals surface area contributed by atoms with Gasteiger partial charge >= 0.3 is 0 Å². The summed E-state index contributed by atoms with van der Waals surface area (Å²) in [7, 11) is 0. The largest absolute Gasteiger partial charge is 0.336 e. The Hall–Kier alpha value is -2.66. The van der Waals surface area contributed by atoms with E-state index in [-0.39, 0.29) is 29.7 Å². The summed E-state index contributed by atoms with van der Waals surface area (Å²) < 4.78 is 0. The third kappa shape index (κ3) is 3.94. The molecular formula is C21H25N3O2. The number of nitrogens with two attached hydrogens (primary N) is 1. The second kappa shape index (κ2) is 7.70. The number of rotatable bonds is 4. The van der Waals surface area contributed by atoms with Crippen LogP contribution in [0.4, 0.5) is 5.69 Å². The summed E-state index contributed by atoms with van der Waals surface area (Å²) in [5, 5.41) is 2.83. The number of nitrogens with one attached hydrogen (secondary N) is 1. The Morgan fingerprint density at radius 1 is 1.04 bits per heavy atom. The Labute approximate surface area is 154 Å². The van der Waals surface area contributed by atoms with E-state index in [9.17, 15) is 9.59 Å². The molecule has 2 aromatic rings. The van der Waals surface area contributed by atoms with E-state index in [4.69, 9.17) is 5.73 Å². The van der Waals surface area contributed by atoms with E-state index in [1.807, 2.05) is 36.9 Å². The quantitative estimate of drug-likeness (QED) is 0.889. The first kappa shape index (κ1) is 18.1. The van der Waals surface area contributed by atoms with Crippen molar-refractivity contribution >= 4 is 17.5 Å². The van der Waals surface area contributed by atoms with E-state index in [2.05, 4.69) is 17.4 Å². The maximum absolute atomic E-state index is 12.8. The summed E-state index contributed by atoms with van der Waals surface area (Å²) in [6.07, 6.45) is 0. The second-order valence-corrected chi connectivity index (χ2v) is 7.11. The molecule has 0 saturated carbocycles. The van der Waals surface area contributed by atoms with Crippen molar-refractivity contribution in [3.05, 3.63) is 65.7 Å². The van der Waals surface area contributed by atoms with Crippen molar-refractivity contribution in [2.75, 3.05) is 18.4 Å². The predicted octanol–water partition coefficient (Wildman–Crippen LogP) is 2.85. The molecule has 1 heterocycles. The molecule has 3 rings (SSSR count). The average molecular weight is 351 g/mol. The molecule has 0 spiro atoms. The highest BCUT2D eigenvalue weighted by Crippen LogP contribution is 2.27. The van der Waals surface area contributed by atoms with E-state index < -0.39 is 0 Å². The molecule has 5 heteroatoms. The topological polar surface area (TPSA) is 75.4 Å². The van der Waals surface area contributed by atoms with Crippen LogP contribution in [0.1, 0.15) is 35.7 Å². The number of anilines is 1. The van der Waals surface area contributed by atoms with Crippen LogP contribution in [0, 0.1) is 5.92 Å². The van der Waals surface area contributed by atoms with Gasteiger partial charge in [-0.2, -0.15) is 0 Å². The van der Waals surface area contributed by atoms with E-state index in [1.54, 1.807) is 24.3 Å². The van der Waals surface area contributed by atoms with Gasteiger partial charge < -0.3 is 16.0 Å². The molecule has 0 aliphatic carbocycles. The van der Waals surface area contributed by atoms with Crippen molar-refractivity contribution in [2.45, 2.75) is 25.8 Å². The summed E-state index contributed by atoms with van der Waals surface area (Å²) in [5.74, 6) is 0.00276. The highest BCUT2D eigenvalue weighted by Gasteiger charge is 2.34. The number of nitrogens with zero attached hydrogens (tertiary/aromatic N) is 1. The minimum absolute atomic E-state index is 0.0272. The lowest BCUT2D eigenvalue weighted by molar-refractivity contribution is -0.118. The molecule has 26 heavy (non-hydrogen) atoms. The van der Waals surface area contributed by atoms with Crippen LogP contribution in [-0.4, -0.2) is 35.8 Å². The zero-order valence-electron chi connectivity index (χ0n) is 15.2. The van der Waals surface area contributed by atoms with Crippen LogP contribution in [0.3, 0.4) is 0 Å². The van der Waals surface area contributed by atoms with Crippen LogP contribution < -0.4 is 11.1 Å². The first-order chi connectivity index (χ1) is 12.5. The lowest BCUT2D eigenvalue weighted by Crippen LogP contribution is -2.32. The first-order valence-electron chi connectivity index (χ1n) is 8.96. The van der Waals surface area contributed by atoms with Gasteiger partial charge in [0, 0.05) is 42.2 Å². The van der Waals surface area contributed by atoms with Gasteiger partial charge in [-0.1, -0.05) is 44.2 Å². The molecule has 1 aliphatic rings. The standard InChI is InChI=1S/C21H25N3O2/c1-14(2)20(25)23-17-10-8-16(9-11-17)21(26)24-12-18(19(22)13-24)15-6-4-3-5-7-15/h3-11,14,18-19H,12-13,22H2,1-2H3,(H,23,25)/t18-,19+/m0/s1. The van der Waals surface area contributed by atoms with Gasteiger partial charge in [0.1, 0.15) is 0 Å². The number of hydrogen-bond acceptors (Lipinski definition) is 3. The minimum Gasteiger partial charge on any atom is -0.336 e. The van der Waals surface area contributed by atoms with Gasteiger partial charge in [-0.3, -0.25) is 9.59 Å². The average Bonchev–Trinajstić information content (AvgIpc) is 3.04. The number of carbonyl (C=O) groups is 2. The van der Waals surface area contributed by atoms with Crippen LogP contribution >= 0.6 is 0 Å². The Bertz CT molecular complexity index is 772. The molecular weight excluding hydrogens is 326 g/mol. The SMILES string of the molecule is CC(C)C(=O)Nc1ccc(C(=O)N2C[C@@H](N)[C@H](c3ccccc3)C2)cc1. The number of likely N-dealkylation sites (tertiary alicyclic amines) is 1. The van der Waals surface area contributed by atoms with Gasteiger partial charge in [-0.05, 0) is 29.8 Å².